The molecule has 1 saturated heterocycles. The second-order valence-corrected chi connectivity index (χ2v) is 5.95. The molecule has 2 heterocycles. The second-order valence-electron chi connectivity index (χ2n) is 3.66. The maximum absolute atomic E-state index is 11.8. The van der Waals surface area contributed by atoms with Crippen LogP contribution < -0.4 is 10.6 Å². The second kappa shape index (κ2) is 6.59. The van der Waals surface area contributed by atoms with Crippen molar-refractivity contribution in [1.29, 1.82) is 0 Å². The Hall–Kier alpha value is -0.100. The van der Waals surface area contributed by atoms with Gasteiger partial charge in [0.2, 0.25) is 0 Å². The molecule has 3 nitrogen and oxygen atoms in total. The number of hydrogen-bond donors (Lipinski definition) is 2. The Balaban J connectivity index is 0.00000128. The van der Waals surface area contributed by atoms with Crippen LogP contribution >= 0.6 is 39.7 Å². The molecule has 2 N–H and O–H groups in total. The molecule has 6 heteroatoms. The molecule has 0 radical (unpaired) electrons. The van der Waals surface area contributed by atoms with Crippen molar-refractivity contribution in [1.82, 2.24) is 10.6 Å². The first-order valence-electron chi connectivity index (χ1n) is 5.01. The third-order valence-electron chi connectivity index (χ3n) is 2.46. The number of thiophene rings is 1. The molecule has 1 atom stereocenters. The maximum atomic E-state index is 11.8. The van der Waals surface area contributed by atoms with E-state index in [9.17, 15) is 4.79 Å². The summed E-state index contributed by atoms with van der Waals surface area (Å²) in [5, 5.41) is 8.18. The van der Waals surface area contributed by atoms with Gasteiger partial charge in [0.25, 0.3) is 5.91 Å². The number of amides is 1. The van der Waals surface area contributed by atoms with Crippen molar-refractivity contribution >= 4 is 45.6 Å². The third-order valence-corrected chi connectivity index (χ3v) is 3.97. The van der Waals surface area contributed by atoms with Gasteiger partial charge in [0, 0.05) is 18.0 Å². The Kier molecular flexibility index (Phi) is 5.75. The zero-order valence-electron chi connectivity index (χ0n) is 8.66. The summed E-state index contributed by atoms with van der Waals surface area (Å²) in [4.78, 5) is 11.8. The van der Waals surface area contributed by atoms with E-state index in [-0.39, 0.29) is 24.4 Å². The summed E-state index contributed by atoms with van der Waals surface area (Å²) in [5.41, 5.74) is 0.748. The van der Waals surface area contributed by atoms with E-state index in [0.717, 1.165) is 35.3 Å². The minimum atomic E-state index is 0. The number of hydrogen-bond acceptors (Lipinski definition) is 3. The highest BCUT2D eigenvalue weighted by molar-refractivity contribution is 9.11. The molecule has 0 saturated carbocycles. The van der Waals surface area contributed by atoms with Crippen LogP contribution in [0.2, 0.25) is 0 Å². The molecule has 0 aliphatic carbocycles. The molecule has 90 valence electrons. The van der Waals surface area contributed by atoms with Gasteiger partial charge in [-0.3, -0.25) is 4.79 Å². The van der Waals surface area contributed by atoms with Crippen molar-refractivity contribution < 1.29 is 4.79 Å². The number of nitrogens with one attached hydrogen (secondary N) is 2. The standard InChI is InChI=1S/C10H13BrN2OS.ClH/c11-9-4-7(6-15-9)10(14)13-8-2-1-3-12-5-8;/h4,6,8,12H,1-3,5H2,(H,13,14);1H/t8-;/m0./s1. The van der Waals surface area contributed by atoms with Crippen LogP contribution in [-0.2, 0) is 0 Å². The van der Waals surface area contributed by atoms with E-state index in [0.29, 0.717) is 0 Å². The molecule has 1 amide bonds. The lowest BCUT2D eigenvalue weighted by molar-refractivity contribution is 0.0931. The Morgan fingerprint density at radius 3 is 3.00 bits per heavy atom. The van der Waals surface area contributed by atoms with Crippen LogP contribution in [0.3, 0.4) is 0 Å². The fraction of sp³-hybridized carbons (Fsp3) is 0.500. The largest absolute Gasteiger partial charge is 0.348 e. The maximum Gasteiger partial charge on any atom is 0.252 e. The third kappa shape index (κ3) is 3.73. The molecule has 0 aromatic carbocycles. The first-order valence-corrected chi connectivity index (χ1v) is 6.68. The Bertz CT molecular complexity index is 352. The Labute approximate surface area is 114 Å². The van der Waals surface area contributed by atoms with Crippen molar-refractivity contribution in [3.8, 4) is 0 Å². The average Bonchev–Trinajstić information content (AvgIpc) is 2.66. The molecular weight excluding hydrogens is 312 g/mol. The topological polar surface area (TPSA) is 41.1 Å². The van der Waals surface area contributed by atoms with Crippen LogP contribution in [0.25, 0.3) is 0 Å². The van der Waals surface area contributed by atoms with E-state index in [2.05, 4.69) is 26.6 Å². The van der Waals surface area contributed by atoms with Gasteiger partial charge in [-0.05, 0) is 41.4 Å². The summed E-state index contributed by atoms with van der Waals surface area (Å²) in [5.74, 6) is 0.0330. The molecule has 16 heavy (non-hydrogen) atoms. The summed E-state index contributed by atoms with van der Waals surface area (Å²) in [6.45, 7) is 1.95. The molecule has 1 aromatic rings. The van der Waals surface area contributed by atoms with Crippen LogP contribution in [0.5, 0.6) is 0 Å². The zero-order valence-corrected chi connectivity index (χ0v) is 11.9. The van der Waals surface area contributed by atoms with Crippen molar-refractivity contribution in [2.24, 2.45) is 0 Å². The van der Waals surface area contributed by atoms with Gasteiger partial charge in [-0.25, -0.2) is 0 Å². The summed E-state index contributed by atoms with van der Waals surface area (Å²) in [6.07, 6.45) is 2.21. The van der Waals surface area contributed by atoms with Gasteiger partial charge in [0.1, 0.15) is 0 Å². The molecule has 0 bridgehead atoms. The van der Waals surface area contributed by atoms with Crippen molar-refractivity contribution in [3.63, 3.8) is 0 Å². The van der Waals surface area contributed by atoms with Gasteiger partial charge in [0.15, 0.2) is 0 Å². The highest BCUT2D eigenvalue weighted by Gasteiger charge is 2.16. The van der Waals surface area contributed by atoms with E-state index in [1.807, 2.05) is 11.4 Å². The van der Waals surface area contributed by atoms with E-state index >= 15 is 0 Å². The first-order chi connectivity index (χ1) is 7.25. The van der Waals surface area contributed by atoms with Crippen LogP contribution in [0.1, 0.15) is 23.2 Å². The molecular formula is C10H14BrClN2OS. The average molecular weight is 326 g/mol. The molecule has 1 aliphatic heterocycles. The van der Waals surface area contributed by atoms with E-state index in [1.54, 1.807) is 0 Å². The molecule has 2 rings (SSSR count). The van der Waals surface area contributed by atoms with Crippen LogP contribution in [-0.4, -0.2) is 25.0 Å². The summed E-state index contributed by atoms with van der Waals surface area (Å²) >= 11 is 4.89. The van der Waals surface area contributed by atoms with E-state index < -0.39 is 0 Å². The van der Waals surface area contributed by atoms with Crippen LogP contribution in [0.4, 0.5) is 0 Å². The minimum Gasteiger partial charge on any atom is -0.348 e. The lowest BCUT2D eigenvalue weighted by Gasteiger charge is -2.23. The SMILES string of the molecule is Cl.O=C(N[C@H]1CCCNC1)c1csc(Br)c1. The Morgan fingerprint density at radius 2 is 2.44 bits per heavy atom. The van der Waals surface area contributed by atoms with Crippen molar-refractivity contribution in [2.45, 2.75) is 18.9 Å². The number of piperidine rings is 1. The fourth-order valence-electron chi connectivity index (χ4n) is 1.67. The lowest BCUT2D eigenvalue weighted by Crippen LogP contribution is -2.45. The molecule has 1 aromatic heterocycles. The van der Waals surface area contributed by atoms with Gasteiger partial charge in [-0.2, -0.15) is 0 Å². The molecule has 1 aliphatic rings. The van der Waals surface area contributed by atoms with E-state index in [4.69, 9.17) is 0 Å². The zero-order chi connectivity index (χ0) is 10.7. The van der Waals surface area contributed by atoms with Crippen molar-refractivity contribution in [3.05, 3.63) is 20.8 Å². The van der Waals surface area contributed by atoms with Gasteiger partial charge < -0.3 is 10.6 Å². The van der Waals surface area contributed by atoms with Crippen LogP contribution in [0.15, 0.2) is 15.2 Å². The van der Waals surface area contributed by atoms with Gasteiger partial charge in [-0.1, -0.05) is 0 Å². The first kappa shape index (κ1) is 14.0. The summed E-state index contributed by atoms with van der Waals surface area (Å²) in [7, 11) is 0. The fourth-order valence-corrected chi connectivity index (χ4v) is 2.81. The quantitative estimate of drug-likeness (QED) is 0.877. The molecule has 0 spiro atoms. The highest BCUT2D eigenvalue weighted by Crippen LogP contribution is 2.20. The Morgan fingerprint density at radius 1 is 1.62 bits per heavy atom. The smallest absolute Gasteiger partial charge is 0.252 e. The monoisotopic (exact) mass is 324 g/mol. The molecule has 0 unspecified atom stereocenters. The van der Waals surface area contributed by atoms with Gasteiger partial charge in [-0.15, -0.1) is 23.7 Å². The van der Waals surface area contributed by atoms with E-state index in [1.165, 1.54) is 11.3 Å². The summed E-state index contributed by atoms with van der Waals surface area (Å²) in [6, 6.07) is 2.14. The number of halogens is 2. The summed E-state index contributed by atoms with van der Waals surface area (Å²) < 4.78 is 0.995. The van der Waals surface area contributed by atoms with Crippen LogP contribution in [0, 0.1) is 0 Å². The lowest BCUT2D eigenvalue weighted by atomic mass is 10.1. The normalized spacial score (nSPS) is 19.9. The number of carbonyl (C=O) groups excluding carboxylic acids is 1. The van der Waals surface area contributed by atoms with Gasteiger partial charge >= 0.3 is 0 Å². The van der Waals surface area contributed by atoms with Crippen molar-refractivity contribution in [2.75, 3.05) is 13.1 Å². The predicted molar refractivity (Wildman–Crippen MR) is 72.6 cm³/mol. The number of rotatable bonds is 2. The minimum absolute atomic E-state index is 0. The highest BCUT2D eigenvalue weighted by atomic mass is 79.9. The predicted octanol–water partition coefficient (Wildman–Crippen LogP) is 2.41. The van der Waals surface area contributed by atoms with Gasteiger partial charge in [0.05, 0.1) is 9.35 Å². The molecule has 1 fully saturated rings. The number of carbonyl (C=O) groups is 1.